The molecule has 0 amide bonds. The molecular weight excluding hydrogens is 228 g/mol. The van der Waals surface area contributed by atoms with Crippen molar-refractivity contribution >= 4 is 0 Å². The molecule has 2 rings (SSSR count). The molecule has 0 aliphatic carbocycles. The highest BCUT2D eigenvalue weighted by Gasteiger charge is 2.36. The highest BCUT2D eigenvalue weighted by atomic mass is 14.4. The van der Waals surface area contributed by atoms with Gasteiger partial charge < -0.3 is 0 Å². The van der Waals surface area contributed by atoms with Crippen molar-refractivity contribution in [3.8, 4) is 0 Å². The van der Waals surface area contributed by atoms with Crippen molar-refractivity contribution in [2.24, 2.45) is 5.92 Å². The first-order valence-corrected chi connectivity index (χ1v) is 7.33. The molecule has 0 heteroatoms. The molecule has 0 aliphatic heterocycles. The van der Waals surface area contributed by atoms with Crippen LogP contribution in [0.25, 0.3) is 0 Å². The molecule has 0 radical (unpaired) electrons. The first kappa shape index (κ1) is 13.9. The van der Waals surface area contributed by atoms with Gasteiger partial charge in [0.25, 0.3) is 0 Å². The Morgan fingerprint density at radius 2 is 1.21 bits per heavy atom. The van der Waals surface area contributed by atoms with E-state index in [0.29, 0.717) is 5.92 Å². The molecular formula is C19H24. The van der Waals surface area contributed by atoms with Crippen LogP contribution in [-0.4, -0.2) is 0 Å². The molecule has 0 saturated heterocycles. The number of hydrogen-bond acceptors (Lipinski definition) is 0. The standard InChI is InChI=1S/C19H24/c1-4-15-19(16(2)3,17-11-7-5-8-12-17)18-13-9-6-10-14-18/h5-14,16H,4,15H2,1-3H3. The Labute approximate surface area is 117 Å². The molecule has 0 atom stereocenters. The third kappa shape index (κ3) is 2.58. The minimum absolute atomic E-state index is 0.136. The Morgan fingerprint density at radius 1 is 0.789 bits per heavy atom. The fourth-order valence-electron chi connectivity index (χ4n) is 3.28. The molecule has 0 aromatic heterocycles. The number of benzene rings is 2. The summed E-state index contributed by atoms with van der Waals surface area (Å²) in [7, 11) is 0. The lowest BCUT2D eigenvalue weighted by molar-refractivity contribution is 0.341. The van der Waals surface area contributed by atoms with Crippen LogP contribution in [0.5, 0.6) is 0 Å². The van der Waals surface area contributed by atoms with Crippen LogP contribution in [-0.2, 0) is 5.41 Å². The highest BCUT2D eigenvalue weighted by Crippen LogP contribution is 2.42. The van der Waals surface area contributed by atoms with Gasteiger partial charge in [0.05, 0.1) is 0 Å². The summed E-state index contributed by atoms with van der Waals surface area (Å²) in [5, 5.41) is 0. The molecule has 0 nitrogen and oxygen atoms in total. The van der Waals surface area contributed by atoms with Crippen molar-refractivity contribution in [1.82, 2.24) is 0 Å². The van der Waals surface area contributed by atoms with E-state index >= 15 is 0 Å². The number of rotatable bonds is 5. The van der Waals surface area contributed by atoms with E-state index in [4.69, 9.17) is 0 Å². The fraction of sp³-hybridized carbons (Fsp3) is 0.368. The van der Waals surface area contributed by atoms with Gasteiger partial charge in [0.1, 0.15) is 0 Å². The normalized spacial score (nSPS) is 11.8. The second kappa shape index (κ2) is 6.06. The van der Waals surface area contributed by atoms with E-state index in [2.05, 4.69) is 81.4 Å². The zero-order valence-electron chi connectivity index (χ0n) is 12.3. The maximum Gasteiger partial charge on any atom is 0.0225 e. The van der Waals surface area contributed by atoms with E-state index in [1.807, 2.05) is 0 Å². The molecule has 0 unspecified atom stereocenters. The van der Waals surface area contributed by atoms with E-state index in [9.17, 15) is 0 Å². The minimum Gasteiger partial charge on any atom is -0.0653 e. The van der Waals surface area contributed by atoms with Crippen LogP contribution < -0.4 is 0 Å². The zero-order chi connectivity index (χ0) is 13.7. The van der Waals surface area contributed by atoms with Gasteiger partial charge in [0, 0.05) is 5.41 Å². The molecule has 0 bridgehead atoms. The van der Waals surface area contributed by atoms with Gasteiger partial charge in [-0.25, -0.2) is 0 Å². The van der Waals surface area contributed by atoms with Crippen LogP contribution >= 0.6 is 0 Å². The molecule has 0 N–H and O–H groups in total. The van der Waals surface area contributed by atoms with Crippen molar-refractivity contribution in [3.63, 3.8) is 0 Å². The van der Waals surface area contributed by atoms with Crippen molar-refractivity contribution in [1.29, 1.82) is 0 Å². The van der Waals surface area contributed by atoms with Crippen LogP contribution in [0.3, 0.4) is 0 Å². The molecule has 0 fully saturated rings. The lowest BCUT2D eigenvalue weighted by Crippen LogP contribution is -2.33. The van der Waals surface area contributed by atoms with Crippen LogP contribution in [0.15, 0.2) is 60.7 Å². The van der Waals surface area contributed by atoms with Gasteiger partial charge >= 0.3 is 0 Å². The first-order chi connectivity index (χ1) is 9.21. The Kier molecular flexibility index (Phi) is 4.42. The Bertz CT molecular complexity index is 442. The molecule has 0 saturated carbocycles. The summed E-state index contributed by atoms with van der Waals surface area (Å²) in [4.78, 5) is 0. The quantitative estimate of drug-likeness (QED) is 0.665. The maximum atomic E-state index is 2.34. The summed E-state index contributed by atoms with van der Waals surface area (Å²) >= 11 is 0. The number of hydrogen-bond donors (Lipinski definition) is 0. The fourth-order valence-corrected chi connectivity index (χ4v) is 3.28. The molecule has 19 heavy (non-hydrogen) atoms. The second-order valence-electron chi connectivity index (χ2n) is 5.61. The van der Waals surface area contributed by atoms with Gasteiger partial charge in [0.15, 0.2) is 0 Å². The van der Waals surface area contributed by atoms with Crippen LogP contribution in [0.2, 0.25) is 0 Å². The summed E-state index contributed by atoms with van der Waals surface area (Å²) in [6, 6.07) is 22.0. The molecule has 2 aromatic carbocycles. The summed E-state index contributed by atoms with van der Waals surface area (Å²) in [6.07, 6.45) is 2.39. The average Bonchev–Trinajstić information content (AvgIpc) is 2.46. The van der Waals surface area contributed by atoms with Crippen molar-refractivity contribution < 1.29 is 0 Å². The van der Waals surface area contributed by atoms with E-state index < -0.39 is 0 Å². The van der Waals surface area contributed by atoms with Crippen molar-refractivity contribution in [3.05, 3.63) is 71.8 Å². The van der Waals surface area contributed by atoms with E-state index in [1.54, 1.807) is 0 Å². The Morgan fingerprint density at radius 3 is 1.53 bits per heavy atom. The minimum atomic E-state index is 0.136. The van der Waals surface area contributed by atoms with Gasteiger partial charge in [0.2, 0.25) is 0 Å². The van der Waals surface area contributed by atoms with Gasteiger partial charge in [-0.1, -0.05) is 87.9 Å². The smallest absolute Gasteiger partial charge is 0.0225 e. The highest BCUT2D eigenvalue weighted by molar-refractivity contribution is 5.40. The Hall–Kier alpha value is -1.56. The lowest BCUT2D eigenvalue weighted by Gasteiger charge is -2.39. The summed E-state index contributed by atoms with van der Waals surface area (Å²) in [5.41, 5.74) is 3.02. The summed E-state index contributed by atoms with van der Waals surface area (Å²) in [6.45, 7) is 6.97. The predicted molar refractivity (Wildman–Crippen MR) is 83.4 cm³/mol. The molecule has 100 valence electrons. The van der Waals surface area contributed by atoms with Crippen LogP contribution in [0.1, 0.15) is 44.7 Å². The first-order valence-electron chi connectivity index (χ1n) is 7.33. The summed E-state index contributed by atoms with van der Waals surface area (Å²) in [5.74, 6) is 0.581. The van der Waals surface area contributed by atoms with E-state index in [-0.39, 0.29) is 5.41 Å². The van der Waals surface area contributed by atoms with Crippen LogP contribution in [0.4, 0.5) is 0 Å². The maximum absolute atomic E-state index is 2.34. The molecule has 0 spiro atoms. The van der Waals surface area contributed by atoms with Gasteiger partial charge in [-0.05, 0) is 23.5 Å². The van der Waals surface area contributed by atoms with E-state index in [0.717, 1.165) is 0 Å². The van der Waals surface area contributed by atoms with Crippen molar-refractivity contribution in [2.45, 2.75) is 39.0 Å². The topological polar surface area (TPSA) is 0 Å². The summed E-state index contributed by atoms with van der Waals surface area (Å²) < 4.78 is 0. The Balaban J connectivity index is 2.61. The largest absolute Gasteiger partial charge is 0.0653 e. The SMILES string of the molecule is CCCC(c1ccccc1)(c1ccccc1)C(C)C. The average molecular weight is 252 g/mol. The third-order valence-electron chi connectivity index (χ3n) is 4.21. The monoisotopic (exact) mass is 252 g/mol. The second-order valence-corrected chi connectivity index (χ2v) is 5.61. The van der Waals surface area contributed by atoms with Gasteiger partial charge in [-0.3, -0.25) is 0 Å². The predicted octanol–water partition coefficient (Wildman–Crippen LogP) is 5.43. The van der Waals surface area contributed by atoms with E-state index in [1.165, 1.54) is 24.0 Å². The van der Waals surface area contributed by atoms with Gasteiger partial charge in [-0.2, -0.15) is 0 Å². The molecule has 2 aromatic rings. The third-order valence-corrected chi connectivity index (χ3v) is 4.21. The lowest BCUT2D eigenvalue weighted by atomic mass is 9.64. The molecule has 0 heterocycles. The van der Waals surface area contributed by atoms with Crippen LogP contribution in [0, 0.1) is 5.92 Å². The van der Waals surface area contributed by atoms with Crippen molar-refractivity contribution in [2.75, 3.05) is 0 Å². The molecule has 0 aliphatic rings. The van der Waals surface area contributed by atoms with Gasteiger partial charge in [-0.15, -0.1) is 0 Å². The zero-order valence-corrected chi connectivity index (χ0v) is 12.3.